The fourth-order valence-corrected chi connectivity index (χ4v) is 2.87. The van der Waals surface area contributed by atoms with Crippen LogP contribution < -0.4 is 10.2 Å². The fourth-order valence-electron chi connectivity index (χ4n) is 2.87. The average Bonchev–Trinajstić information content (AvgIpc) is 2.89. The number of hydrogen-bond donors (Lipinski definition) is 1. The van der Waals surface area contributed by atoms with E-state index in [0.717, 1.165) is 27.9 Å². The van der Waals surface area contributed by atoms with Gasteiger partial charge in [-0.3, -0.25) is 4.79 Å². The Balaban J connectivity index is 1.80. The first-order valence-electron chi connectivity index (χ1n) is 7.36. The van der Waals surface area contributed by atoms with E-state index < -0.39 is 0 Å². The molecule has 0 fully saturated rings. The van der Waals surface area contributed by atoms with E-state index in [9.17, 15) is 4.79 Å². The summed E-state index contributed by atoms with van der Waals surface area (Å²) >= 11 is 0. The van der Waals surface area contributed by atoms with Crippen molar-refractivity contribution in [2.75, 3.05) is 7.11 Å². The second kappa shape index (κ2) is 5.28. The van der Waals surface area contributed by atoms with Gasteiger partial charge in [0.1, 0.15) is 11.4 Å². The van der Waals surface area contributed by atoms with Crippen molar-refractivity contribution < 1.29 is 9.53 Å². The number of rotatable bonds is 2. The molecule has 114 valence electrons. The second-order valence-corrected chi connectivity index (χ2v) is 5.40. The summed E-state index contributed by atoms with van der Waals surface area (Å²) in [4.78, 5) is 12.3. The van der Waals surface area contributed by atoms with Gasteiger partial charge in [0.2, 0.25) is 0 Å². The van der Waals surface area contributed by atoms with E-state index in [1.165, 1.54) is 0 Å². The second-order valence-electron chi connectivity index (χ2n) is 5.40. The molecule has 0 atom stereocenters. The van der Waals surface area contributed by atoms with Crippen LogP contribution >= 0.6 is 0 Å². The Morgan fingerprint density at radius 2 is 1.91 bits per heavy atom. The molecule has 5 heteroatoms. The molecule has 1 aliphatic rings. The molecule has 2 aromatic carbocycles. The van der Waals surface area contributed by atoms with Crippen LogP contribution in [0, 0.1) is 0 Å². The van der Waals surface area contributed by atoms with E-state index in [-0.39, 0.29) is 5.91 Å². The van der Waals surface area contributed by atoms with E-state index in [1.807, 2.05) is 59.2 Å². The molecule has 3 aromatic rings. The number of fused-ring (bicyclic) bond motifs is 3. The SMILES string of the molecule is COc1ccc(C2=NNC(=O)c3cc4ccccc4n3C2)cc1. The van der Waals surface area contributed by atoms with Gasteiger partial charge in [-0.05, 0) is 42.0 Å². The van der Waals surface area contributed by atoms with Gasteiger partial charge in [-0.1, -0.05) is 18.2 Å². The minimum Gasteiger partial charge on any atom is -0.497 e. The highest BCUT2D eigenvalue weighted by Gasteiger charge is 2.20. The van der Waals surface area contributed by atoms with Gasteiger partial charge in [0.05, 0.1) is 19.4 Å². The summed E-state index contributed by atoms with van der Waals surface area (Å²) in [5.74, 6) is 0.601. The molecule has 4 rings (SSSR count). The summed E-state index contributed by atoms with van der Waals surface area (Å²) in [6.45, 7) is 0.536. The lowest BCUT2D eigenvalue weighted by Crippen LogP contribution is -2.17. The third-order valence-corrected chi connectivity index (χ3v) is 4.07. The molecule has 0 saturated heterocycles. The maximum Gasteiger partial charge on any atom is 0.288 e. The number of nitrogens with zero attached hydrogens (tertiary/aromatic N) is 2. The van der Waals surface area contributed by atoms with Crippen molar-refractivity contribution in [3.05, 3.63) is 65.9 Å². The van der Waals surface area contributed by atoms with Crippen LogP contribution in [0.4, 0.5) is 0 Å². The minimum absolute atomic E-state index is 0.190. The quantitative estimate of drug-likeness (QED) is 0.791. The lowest BCUT2D eigenvalue weighted by Gasteiger charge is -2.09. The van der Waals surface area contributed by atoms with Crippen molar-refractivity contribution in [3.63, 3.8) is 0 Å². The van der Waals surface area contributed by atoms with Crippen LogP contribution in [-0.4, -0.2) is 23.3 Å². The maximum absolute atomic E-state index is 12.3. The number of carbonyl (C=O) groups excluding carboxylic acids is 1. The van der Waals surface area contributed by atoms with Crippen molar-refractivity contribution in [1.29, 1.82) is 0 Å². The number of hydrazone groups is 1. The van der Waals surface area contributed by atoms with Gasteiger partial charge < -0.3 is 9.30 Å². The summed E-state index contributed by atoms with van der Waals surface area (Å²) in [7, 11) is 1.64. The normalized spacial score (nSPS) is 14.0. The Kier molecular flexibility index (Phi) is 3.12. The Bertz CT molecular complexity index is 923. The molecule has 2 heterocycles. The average molecular weight is 305 g/mol. The zero-order chi connectivity index (χ0) is 15.8. The molecule has 1 aliphatic heterocycles. The molecule has 23 heavy (non-hydrogen) atoms. The van der Waals surface area contributed by atoms with Crippen LogP contribution in [0.3, 0.4) is 0 Å². The van der Waals surface area contributed by atoms with Crippen molar-refractivity contribution in [1.82, 2.24) is 9.99 Å². The minimum atomic E-state index is -0.190. The van der Waals surface area contributed by atoms with E-state index in [0.29, 0.717) is 12.2 Å². The number of nitrogens with one attached hydrogen (secondary N) is 1. The van der Waals surface area contributed by atoms with Crippen LogP contribution in [0.5, 0.6) is 5.75 Å². The third-order valence-electron chi connectivity index (χ3n) is 4.07. The summed E-state index contributed by atoms with van der Waals surface area (Å²) in [6, 6.07) is 17.5. The molecule has 1 amide bonds. The van der Waals surface area contributed by atoms with Crippen LogP contribution in [-0.2, 0) is 6.54 Å². The number of hydrogen-bond acceptors (Lipinski definition) is 3. The van der Waals surface area contributed by atoms with Crippen molar-refractivity contribution in [2.45, 2.75) is 6.54 Å². The lowest BCUT2D eigenvalue weighted by atomic mass is 10.1. The van der Waals surface area contributed by atoms with Crippen LogP contribution in [0.2, 0.25) is 0 Å². The molecule has 1 N–H and O–H groups in total. The molecule has 0 saturated carbocycles. The molecule has 0 radical (unpaired) electrons. The van der Waals surface area contributed by atoms with Gasteiger partial charge in [-0.15, -0.1) is 0 Å². The Morgan fingerprint density at radius 3 is 2.70 bits per heavy atom. The molecule has 1 aromatic heterocycles. The highest BCUT2D eigenvalue weighted by Crippen LogP contribution is 2.22. The van der Waals surface area contributed by atoms with E-state index in [1.54, 1.807) is 7.11 Å². The van der Waals surface area contributed by atoms with Crippen molar-refractivity contribution >= 4 is 22.5 Å². The summed E-state index contributed by atoms with van der Waals surface area (Å²) in [6.07, 6.45) is 0. The van der Waals surface area contributed by atoms with E-state index in [2.05, 4.69) is 10.5 Å². The Hall–Kier alpha value is -3.08. The first kappa shape index (κ1) is 13.6. The standard InChI is InChI=1S/C18H15N3O2/c1-23-14-8-6-12(7-9-14)15-11-21-16-5-3-2-4-13(16)10-17(21)18(22)20-19-15/h2-10H,11H2,1H3,(H,20,22). The van der Waals surface area contributed by atoms with Gasteiger partial charge >= 0.3 is 0 Å². The molecule has 0 unspecified atom stereocenters. The highest BCUT2D eigenvalue weighted by molar-refractivity contribution is 6.06. The number of methoxy groups -OCH3 is 1. The zero-order valence-corrected chi connectivity index (χ0v) is 12.6. The Morgan fingerprint density at radius 1 is 1.13 bits per heavy atom. The smallest absolute Gasteiger partial charge is 0.288 e. The number of amides is 1. The summed E-state index contributed by atoms with van der Waals surface area (Å²) < 4.78 is 7.19. The summed E-state index contributed by atoms with van der Waals surface area (Å²) in [5, 5.41) is 5.33. The predicted octanol–water partition coefficient (Wildman–Crippen LogP) is 2.80. The molecular formula is C18H15N3O2. The van der Waals surface area contributed by atoms with Crippen LogP contribution in [0.15, 0.2) is 59.7 Å². The predicted molar refractivity (Wildman–Crippen MR) is 88.9 cm³/mol. The molecule has 5 nitrogen and oxygen atoms in total. The third kappa shape index (κ3) is 2.26. The van der Waals surface area contributed by atoms with Crippen LogP contribution in [0.1, 0.15) is 16.1 Å². The topological polar surface area (TPSA) is 55.6 Å². The largest absolute Gasteiger partial charge is 0.497 e. The van der Waals surface area contributed by atoms with Crippen LogP contribution in [0.25, 0.3) is 10.9 Å². The maximum atomic E-state index is 12.3. The number of benzene rings is 2. The number of para-hydroxylation sites is 1. The first-order chi connectivity index (χ1) is 11.3. The number of ether oxygens (including phenoxy) is 1. The molecule has 0 bridgehead atoms. The summed E-state index contributed by atoms with van der Waals surface area (Å²) in [5.41, 5.74) is 6.05. The number of aromatic nitrogens is 1. The van der Waals surface area contributed by atoms with Gasteiger partial charge in [-0.2, -0.15) is 5.10 Å². The number of carbonyl (C=O) groups is 1. The molecule has 0 aliphatic carbocycles. The van der Waals surface area contributed by atoms with Gasteiger partial charge in [0, 0.05) is 10.9 Å². The first-order valence-corrected chi connectivity index (χ1v) is 7.36. The molecular weight excluding hydrogens is 290 g/mol. The van der Waals surface area contributed by atoms with E-state index in [4.69, 9.17) is 4.74 Å². The fraction of sp³-hybridized carbons (Fsp3) is 0.111. The molecule has 0 spiro atoms. The van der Waals surface area contributed by atoms with Crippen molar-refractivity contribution in [2.24, 2.45) is 5.10 Å². The lowest BCUT2D eigenvalue weighted by molar-refractivity contribution is 0.0949. The van der Waals surface area contributed by atoms with Gasteiger partial charge in [0.25, 0.3) is 5.91 Å². The zero-order valence-electron chi connectivity index (χ0n) is 12.6. The van der Waals surface area contributed by atoms with E-state index >= 15 is 0 Å². The van der Waals surface area contributed by atoms with Gasteiger partial charge in [-0.25, -0.2) is 5.43 Å². The Labute approximate surface area is 133 Å². The highest BCUT2D eigenvalue weighted by atomic mass is 16.5. The van der Waals surface area contributed by atoms with Crippen molar-refractivity contribution in [3.8, 4) is 5.75 Å². The monoisotopic (exact) mass is 305 g/mol. The van der Waals surface area contributed by atoms with Gasteiger partial charge in [0.15, 0.2) is 0 Å².